The van der Waals surface area contributed by atoms with Crippen molar-refractivity contribution in [2.45, 2.75) is 13.0 Å². The van der Waals surface area contributed by atoms with Gasteiger partial charge in [-0.05, 0) is 24.3 Å². The predicted molar refractivity (Wildman–Crippen MR) is 85.6 cm³/mol. The number of anilines is 1. The van der Waals surface area contributed by atoms with E-state index >= 15 is 0 Å². The number of aromatic nitrogens is 2. The first-order valence-electron chi connectivity index (χ1n) is 7.59. The summed E-state index contributed by atoms with van der Waals surface area (Å²) in [5, 5.41) is 13.4. The number of fused-ring (bicyclic) bond motifs is 1. The first kappa shape index (κ1) is 14.4. The summed E-state index contributed by atoms with van der Waals surface area (Å²) in [6.45, 7) is 1.22. The third-order valence-electron chi connectivity index (χ3n) is 4.13. The maximum Gasteiger partial charge on any atom is 0.146 e. The average molecular weight is 320 g/mol. The molecule has 0 atom stereocenters. The van der Waals surface area contributed by atoms with Gasteiger partial charge in [0.2, 0.25) is 0 Å². The van der Waals surface area contributed by atoms with Gasteiger partial charge in [-0.2, -0.15) is 5.26 Å². The Labute approximate surface area is 138 Å². The molecule has 4 rings (SSSR count). The van der Waals surface area contributed by atoms with Crippen LogP contribution < -0.4 is 4.90 Å². The van der Waals surface area contributed by atoms with Crippen molar-refractivity contribution in [2.75, 3.05) is 11.4 Å². The van der Waals surface area contributed by atoms with Crippen molar-refractivity contribution in [2.24, 2.45) is 0 Å². The minimum atomic E-state index is -0.312. The number of rotatable bonds is 2. The van der Waals surface area contributed by atoms with Crippen molar-refractivity contribution in [1.29, 1.82) is 5.26 Å². The van der Waals surface area contributed by atoms with Crippen LogP contribution in [0.1, 0.15) is 16.9 Å². The number of hydrogen-bond donors (Lipinski definition) is 0. The number of pyridine rings is 1. The lowest BCUT2D eigenvalue weighted by atomic mass is 10.0. The van der Waals surface area contributed by atoms with Gasteiger partial charge in [0.05, 0.1) is 12.1 Å². The second-order valence-corrected chi connectivity index (χ2v) is 5.60. The van der Waals surface area contributed by atoms with Crippen LogP contribution in [0.3, 0.4) is 0 Å². The Morgan fingerprint density at radius 3 is 3.00 bits per heavy atom. The van der Waals surface area contributed by atoms with Crippen LogP contribution in [0.4, 0.5) is 10.2 Å². The highest BCUT2D eigenvalue weighted by Crippen LogP contribution is 2.32. The Morgan fingerprint density at radius 2 is 2.17 bits per heavy atom. The molecule has 0 bridgehead atoms. The van der Waals surface area contributed by atoms with Gasteiger partial charge in [0.25, 0.3) is 0 Å². The molecule has 2 aromatic heterocycles. The van der Waals surface area contributed by atoms with E-state index in [0.29, 0.717) is 42.1 Å². The van der Waals surface area contributed by atoms with Gasteiger partial charge in [-0.15, -0.1) is 0 Å². The molecule has 0 saturated carbocycles. The molecule has 3 heterocycles. The van der Waals surface area contributed by atoms with Crippen LogP contribution >= 0.6 is 0 Å². The fraction of sp³-hybridized carbons (Fsp3) is 0.167. The summed E-state index contributed by atoms with van der Waals surface area (Å²) >= 11 is 0. The lowest BCUT2D eigenvalue weighted by Crippen LogP contribution is -2.31. The molecule has 1 aliphatic rings. The summed E-state index contributed by atoms with van der Waals surface area (Å²) < 4.78 is 19.0. The molecule has 0 amide bonds. The molecular formula is C18H13FN4O. The minimum absolute atomic E-state index is 0.312. The molecule has 3 aromatic rings. The SMILES string of the molecule is N#Cc1cccnc1N1CCc2onc(-c3cccc(F)c3)c2C1. The highest BCUT2D eigenvalue weighted by atomic mass is 19.1. The summed E-state index contributed by atoms with van der Waals surface area (Å²) in [7, 11) is 0. The lowest BCUT2D eigenvalue weighted by molar-refractivity contribution is 0.378. The van der Waals surface area contributed by atoms with Crippen molar-refractivity contribution in [3.8, 4) is 17.3 Å². The molecule has 1 aromatic carbocycles. The van der Waals surface area contributed by atoms with Crippen molar-refractivity contribution in [3.63, 3.8) is 0 Å². The van der Waals surface area contributed by atoms with Crippen LogP contribution in [0.15, 0.2) is 47.1 Å². The molecule has 0 aliphatic carbocycles. The van der Waals surface area contributed by atoms with E-state index in [1.807, 2.05) is 11.0 Å². The number of hydrogen-bond acceptors (Lipinski definition) is 5. The van der Waals surface area contributed by atoms with Crippen molar-refractivity contribution in [3.05, 3.63) is 65.3 Å². The summed E-state index contributed by atoms with van der Waals surface area (Å²) in [6, 6.07) is 12.0. The molecule has 0 fully saturated rings. The summed E-state index contributed by atoms with van der Waals surface area (Å²) in [5.41, 5.74) is 2.78. The van der Waals surface area contributed by atoms with Crippen LogP contribution in [-0.2, 0) is 13.0 Å². The van der Waals surface area contributed by atoms with E-state index in [-0.39, 0.29) is 5.82 Å². The zero-order valence-corrected chi connectivity index (χ0v) is 12.7. The summed E-state index contributed by atoms with van der Waals surface area (Å²) in [4.78, 5) is 6.37. The molecule has 6 heteroatoms. The fourth-order valence-corrected chi connectivity index (χ4v) is 2.99. The predicted octanol–water partition coefficient (Wildman–Crippen LogP) is 3.31. The van der Waals surface area contributed by atoms with E-state index in [4.69, 9.17) is 4.52 Å². The Bertz CT molecular complexity index is 944. The maximum atomic E-state index is 13.5. The molecule has 0 spiro atoms. The van der Waals surface area contributed by atoms with Gasteiger partial charge in [0, 0.05) is 30.3 Å². The van der Waals surface area contributed by atoms with E-state index < -0.39 is 0 Å². The first-order valence-corrected chi connectivity index (χ1v) is 7.59. The van der Waals surface area contributed by atoms with Gasteiger partial charge in [-0.1, -0.05) is 17.3 Å². The second-order valence-electron chi connectivity index (χ2n) is 5.60. The summed E-state index contributed by atoms with van der Waals surface area (Å²) in [5.74, 6) is 1.14. The molecule has 1 aliphatic heterocycles. The molecule has 0 radical (unpaired) electrons. The highest BCUT2D eigenvalue weighted by Gasteiger charge is 2.26. The Hall–Kier alpha value is -3.20. The number of benzene rings is 1. The van der Waals surface area contributed by atoms with E-state index in [2.05, 4.69) is 16.2 Å². The van der Waals surface area contributed by atoms with Gasteiger partial charge in [0.1, 0.15) is 29.2 Å². The Morgan fingerprint density at radius 1 is 1.25 bits per heavy atom. The van der Waals surface area contributed by atoms with Crippen molar-refractivity contribution < 1.29 is 8.91 Å². The third-order valence-corrected chi connectivity index (χ3v) is 4.13. The van der Waals surface area contributed by atoms with Gasteiger partial charge >= 0.3 is 0 Å². The van der Waals surface area contributed by atoms with E-state index in [9.17, 15) is 9.65 Å². The fourth-order valence-electron chi connectivity index (χ4n) is 2.99. The molecule has 5 nitrogen and oxygen atoms in total. The zero-order valence-electron chi connectivity index (χ0n) is 12.7. The minimum Gasteiger partial charge on any atom is -0.360 e. The number of nitriles is 1. The van der Waals surface area contributed by atoms with Gasteiger partial charge < -0.3 is 9.42 Å². The van der Waals surface area contributed by atoms with Crippen molar-refractivity contribution in [1.82, 2.24) is 10.1 Å². The maximum absolute atomic E-state index is 13.5. The van der Waals surface area contributed by atoms with E-state index in [1.165, 1.54) is 12.1 Å². The average Bonchev–Trinajstić information content (AvgIpc) is 3.05. The van der Waals surface area contributed by atoms with Crippen LogP contribution in [0.25, 0.3) is 11.3 Å². The number of halogens is 1. The van der Waals surface area contributed by atoms with Gasteiger partial charge in [0.15, 0.2) is 0 Å². The molecule has 0 unspecified atom stereocenters. The van der Waals surface area contributed by atoms with Crippen LogP contribution in [0.5, 0.6) is 0 Å². The molecule has 24 heavy (non-hydrogen) atoms. The number of nitrogens with zero attached hydrogens (tertiary/aromatic N) is 4. The Kier molecular flexibility index (Phi) is 3.47. The van der Waals surface area contributed by atoms with E-state index in [0.717, 1.165) is 11.3 Å². The molecule has 0 saturated heterocycles. The Balaban J connectivity index is 1.73. The first-order chi connectivity index (χ1) is 11.8. The molecular weight excluding hydrogens is 307 g/mol. The van der Waals surface area contributed by atoms with Crippen LogP contribution in [0.2, 0.25) is 0 Å². The zero-order chi connectivity index (χ0) is 16.5. The van der Waals surface area contributed by atoms with Gasteiger partial charge in [-0.3, -0.25) is 0 Å². The van der Waals surface area contributed by atoms with Crippen molar-refractivity contribution >= 4 is 5.82 Å². The smallest absolute Gasteiger partial charge is 0.146 e. The normalized spacial score (nSPS) is 13.4. The topological polar surface area (TPSA) is 66.0 Å². The standard InChI is InChI=1S/C18H13FN4O/c19-14-5-1-3-12(9-14)17-15-11-23(8-6-16(15)24-22-17)18-13(10-20)4-2-7-21-18/h1-5,7,9H,6,8,11H2. The quantitative estimate of drug-likeness (QED) is 0.725. The largest absolute Gasteiger partial charge is 0.360 e. The van der Waals surface area contributed by atoms with Gasteiger partial charge in [-0.25, -0.2) is 9.37 Å². The summed E-state index contributed by atoms with van der Waals surface area (Å²) in [6.07, 6.45) is 2.34. The van der Waals surface area contributed by atoms with E-state index in [1.54, 1.807) is 24.4 Å². The second kappa shape index (κ2) is 5.78. The van der Waals surface area contributed by atoms with Crippen LogP contribution in [-0.4, -0.2) is 16.7 Å². The highest BCUT2D eigenvalue weighted by molar-refractivity contribution is 5.65. The monoisotopic (exact) mass is 320 g/mol. The molecule has 0 N–H and O–H groups in total. The third kappa shape index (κ3) is 2.40. The lowest BCUT2D eigenvalue weighted by Gasteiger charge is -2.27. The molecule has 118 valence electrons. The van der Waals surface area contributed by atoms with Crippen LogP contribution in [0, 0.1) is 17.1 Å².